The molecule has 0 aromatic heterocycles. The fourth-order valence-electron chi connectivity index (χ4n) is 1.66. The first-order valence-electron chi connectivity index (χ1n) is 6.81. The zero-order valence-electron chi connectivity index (χ0n) is 12.1. The molecule has 0 amide bonds. The molecule has 0 heterocycles. The Kier molecular flexibility index (Phi) is 6.66. The van der Waals surface area contributed by atoms with E-state index in [-0.39, 0.29) is 12.6 Å². The van der Waals surface area contributed by atoms with Crippen LogP contribution >= 0.6 is 18.9 Å². The van der Waals surface area contributed by atoms with E-state index in [0.29, 0.717) is 5.75 Å². The average molecular weight is 338 g/mol. The van der Waals surface area contributed by atoms with Crippen LogP contribution in [0.5, 0.6) is 5.75 Å². The van der Waals surface area contributed by atoms with Gasteiger partial charge in [0.2, 0.25) is 0 Å². The molecular weight excluding hydrogens is 321 g/mol. The van der Waals surface area contributed by atoms with E-state index in [0.717, 1.165) is 5.56 Å². The fraction of sp³-hybridized carbons (Fsp3) is 0.188. The van der Waals surface area contributed by atoms with E-state index in [1.54, 1.807) is 19.1 Å². The van der Waals surface area contributed by atoms with Crippen molar-refractivity contribution in [3.8, 4) is 5.75 Å². The summed E-state index contributed by atoms with van der Waals surface area (Å²) in [5, 5.41) is 2.90. The number of carbonyl (C=O) groups is 1. The lowest BCUT2D eigenvalue weighted by atomic mass is 10.2. The molecule has 2 rings (SSSR count). The summed E-state index contributed by atoms with van der Waals surface area (Å²) in [7, 11) is -1.47. The van der Waals surface area contributed by atoms with Crippen molar-refractivity contribution in [2.75, 3.05) is 0 Å². The van der Waals surface area contributed by atoms with Crippen LogP contribution in [0.25, 0.3) is 0 Å². The largest absolute Gasteiger partial charge is 0.460 e. The van der Waals surface area contributed by atoms with Gasteiger partial charge in [0.1, 0.15) is 18.4 Å². The molecule has 0 aliphatic rings. The normalized spacial score (nSPS) is 13.2. The molecule has 4 nitrogen and oxygen atoms in total. The lowest BCUT2D eigenvalue weighted by molar-refractivity contribution is -0.146. The Morgan fingerprint density at radius 2 is 1.73 bits per heavy atom. The third-order valence-electron chi connectivity index (χ3n) is 2.80. The van der Waals surface area contributed by atoms with Gasteiger partial charge in [0, 0.05) is 0 Å². The molecule has 0 saturated heterocycles. The molecule has 1 N–H and O–H groups in total. The van der Waals surface area contributed by atoms with Gasteiger partial charge in [-0.2, -0.15) is 0 Å². The van der Waals surface area contributed by atoms with E-state index in [4.69, 9.17) is 20.5 Å². The fourth-order valence-corrected chi connectivity index (χ4v) is 3.11. The van der Waals surface area contributed by atoms with E-state index in [1.807, 2.05) is 48.5 Å². The number of para-hydroxylation sites is 1. The van der Waals surface area contributed by atoms with Crippen molar-refractivity contribution in [1.82, 2.24) is 5.09 Å². The molecule has 1 unspecified atom stereocenters. The first-order valence-corrected chi connectivity index (χ1v) is 8.97. The minimum Gasteiger partial charge on any atom is -0.460 e. The minimum atomic E-state index is -1.47. The van der Waals surface area contributed by atoms with Crippen LogP contribution in [0.4, 0.5) is 0 Å². The van der Waals surface area contributed by atoms with Crippen LogP contribution < -0.4 is 9.61 Å². The van der Waals surface area contributed by atoms with Crippen LogP contribution in [0.1, 0.15) is 12.5 Å². The average Bonchev–Trinajstić information content (AvgIpc) is 2.54. The second kappa shape index (κ2) is 8.74. The van der Waals surface area contributed by atoms with E-state index in [9.17, 15) is 4.79 Å². The van der Waals surface area contributed by atoms with Crippen molar-refractivity contribution in [1.29, 1.82) is 0 Å². The predicted octanol–water partition coefficient (Wildman–Crippen LogP) is 4.25. The monoisotopic (exact) mass is 337 g/mol. The number of nitrogens with one attached hydrogen (secondary N) is 1. The van der Waals surface area contributed by atoms with Crippen LogP contribution in [-0.2, 0) is 16.1 Å². The molecule has 0 spiro atoms. The van der Waals surface area contributed by atoms with E-state index in [2.05, 4.69) is 5.09 Å². The van der Waals surface area contributed by atoms with Gasteiger partial charge in [0.05, 0.1) is 0 Å². The standard InChI is InChI=1S/C16H17ClNO3P/c1-13(16(19)20-12-14-8-4-2-5-9-14)18-22(17)21-15-10-6-3-7-11-15/h2-11,13,18H,12H2,1H3/t13-,22?/m0/s1. The summed E-state index contributed by atoms with van der Waals surface area (Å²) in [6, 6.07) is 18.2. The van der Waals surface area contributed by atoms with Gasteiger partial charge in [0.15, 0.2) is 0 Å². The summed E-state index contributed by atoms with van der Waals surface area (Å²) >= 11 is 6.10. The van der Waals surface area contributed by atoms with Crippen LogP contribution in [0.3, 0.4) is 0 Å². The summed E-state index contributed by atoms with van der Waals surface area (Å²) in [5.74, 6) is 0.287. The first-order chi connectivity index (χ1) is 10.6. The Hall–Kier alpha value is -1.61. The summed E-state index contributed by atoms with van der Waals surface area (Å²) in [6.45, 7) is 1.94. The number of esters is 1. The second-order valence-electron chi connectivity index (χ2n) is 4.59. The van der Waals surface area contributed by atoms with Crippen molar-refractivity contribution in [3.63, 3.8) is 0 Å². The quantitative estimate of drug-likeness (QED) is 0.606. The van der Waals surface area contributed by atoms with Crippen molar-refractivity contribution >= 4 is 24.9 Å². The van der Waals surface area contributed by atoms with E-state index < -0.39 is 13.7 Å². The van der Waals surface area contributed by atoms with E-state index in [1.165, 1.54) is 0 Å². The van der Waals surface area contributed by atoms with Crippen LogP contribution in [0, 0.1) is 0 Å². The number of hydrogen-bond acceptors (Lipinski definition) is 4. The molecule has 6 heteroatoms. The smallest absolute Gasteiger partial charge is 0.323 e. The lowest BCUT2D eigenvalue weighted by Gasteiger charge is -2.17. The number of hydrogen-bond donors (Lipinski definition) is 1. The van der Waals surface area contributed by atoms with Gasteiger partial charge >= 0.3 is 5.97 Å². The number of benzene rings is 2. The van der Waals surface area contributed by atoms with Crippen LogP contribution in [-0.4, -0.2) is 12.0 Å². The molecular formula is C16H17ClNO3P. The van der Waals surface area contributed by atoms with Crippen molar-refractivity contribution in [3.05, 3.63) is 66.2 Å². The number of rotatable bonds is 7. The van der Waals surface area contributed by atoms with Crippen molar-refractivity contribution < 1.29 is 14.1 Å². The van der Waals surface area contributed by atoms with Crippen LogP contribution in [0.15, 0.2) is 60.7 Å². The maximum atomic E-state index is 11.9. The second-order valence-corrected chi connectivity index (χ2v) is 6.44. The Labute approximate surface area is 136 Å². The molecule has 0 aliphatic carbocycles. The third kappa shape index (κ3) is 5.64. The maximum Gasteiger partial charge on any atom is 0.323 e. The van der Waals surface area contributed by atoms with Crippen molar-refractivity contribution in [2.45, 2.75) is 19.6 Å². The Morgan fingerprint density at radius 3 is 2.36 bits per heavy atom. The Balaban J connectivity index is 1.76. The highest BCUT2D eigenvalue weighted by atomic mass is 35.7. The minimum absolute atomic E-state index is 0.242. The highest BCUT2D eigenvalue weighted by molar-refractivity contribution is 7.78. The molecule has 116 valence electrons. The molecule has 2 aromatic carbocycles. The van der Waals surface area contributed by atoms with Gasteiger partial charge in [0.25, 0.3) is 7.65 Å². The predicted molar refractivity (Wildman–Crippen MR) is 88.7 cm³/mol. The van der Waals surface area contributed by atoms with E-state index >= 15 is 0 Å². The molecule has 22 heavy (non-hydrogen) atoms. The summed E-state index contributed by atoms with van der Waals surface area (Å²) in [5.41, 5.74) is 0.941. The highest BCUT2D eigenvalue weighted by Gasteiger charge is 2.19. The third-order valence-corrected chi connectivity index (χ3v) is 4.26. The molecule has 0 aliphatic heterocycles. The Morgan fingerprint density at radius 1 is 1.14 bits per heavy atom. The lowest BCUT2D eigenvalue weighted by Crippen LogP contribution is -2.31. The first kappa shape index (κ1) is 16.8. The summed E-state index contributed by atoms with van der Waals surface area (Å²) < 4.78 is 10.7. The van der Waals surface area contributed by atoms with Gasteiger partial charge < -0.3 is 9.26 Å². The Bertz CT molecular complexity index is 582. The number of halogens is 1. The van der Waals surface area contributed by atoms with Gasteiger partial charge in [-0.15, -0.1) is 0 Å². The molecule has 0 bridgehead atoms. The van der Waals surface area contributed by atoms with Gasteiger partial charge in [-0.3, -0.25) is 4.79 Å². The zero-order chi connectivity index (χ0) is 15.8. The maximum absolute atomic E-state index is 11.9. The van der Waals surface area contributed by atoms with Gasteiger partial charge in [-0.25, -0.2) is 5.09 Å². The summed E-state index contributed by atoms with van der Waals surface area (Å²) in [6.07, 6.45) is 0. The van der Waals surface area contributed by atoms with Gasteiger partial charge in [-0.1, -0.05) is 48.5 Å². The van der Waals surface area contributed by atoms with Crippen molar-refractivity contribution in [2.24, 2.45) is 0 Å². The number of ether oxygens (including phenoxy) is 1. The number of carbonyl (C=O) groups excluding carboxylic acids is 1. The zero-order valence-corrected chi connectivity index (χ0v) is 13.8. The molecule has 0 saturated carbocycles. The molecule has 0 fully saturated rings. The topological polar surface area (TPSA) is 47.6 Å². The van der Waals surface area contributed by atoms with Crippen LogP contribution in [0.2, 0.25) is 0 Å². The SMILES string of the molecule is C[C@H](NP(Cl)Oc1ccccc1)C(=O)OCc1ccccc1. The molecule has 2 aromatic rings. The van der Waals surface area contributed by atoms with Gasteiger partial charge in [-0.05, 0) is 35.9 Å². The molecule has 2 atom stereocenters. The summed E-state index contributed by atoms with van der Waals surface area (Å²) in [4.78, 5) is 11.9. The molecule has 0 radical (unpaired) electrons. The highest BCUT2D eigenvalue weighted by Crippen LogP contribution is 2.39.